The lowest BCUT2D eigenvalue weighted by Gasteiger charge is -2.32. The number of carbonyl (C=O) groups excluding carboxylic acids is 3. The summed E-state index contributed by atoms with van der Waals surface area (Å²) in [7, 11) is 0. The molecular formula is C32H44N4O5. The summed E-state index contributed by atoms with van der Waals surface area (Å²) in [6.07, 6.45) is 6.01. The highest BCUT2D eigenvalue weighted by molar-refractivity contribution is 5.99. The Bertz CT molecular complexity index is 1170. The van der Waals surface area contributed by atoms with Crippen molar-refractivity contribution in [2.75, 3.05) is 31.1 Å². The highest BCUT2D eigenvalue weighted by Crippen LogP contribution is 2.28. The largest absolute Gasteiger partial charge is 0.494 e. The molecule has 1 heterocycles. The number of anilines is 1. The summed E-state index contributed by atoms with van der Waals surface area (Å²) in [5, 5.41) is 17.6. The molecule has 0 bridgehead atoms. The van der Waals surface area contributed by atoms with Crippen LogP contribution in [0.25, 0.3) is 0 Å². The SMILES string of the molecule is CCOc1cc(C(=O)N[C@@H](Cc2ccccc2)[C@@H](O)CN(CC)C(=O)NC2CCCCC2)cc(N2CCCC2=O)c1. The van der Waals surface area contributed by atoms with Crippen LogP contribution in [-0.4, -0.2) is 72.3 Å². The second-order valence-corrected chi connectivity index (χ2v) is 11.0. The molecule has 1 saturated carbocycles. The number of urea groups is 1. The van der Waals surface area contributed by atoms with Gasteiger partial charge in [-0.3, -0.25) is 9.59 Å². The van der Waals surface area contributed by atoms with Crippen LogP contribution in [0.5, 0.6) is 5.75 Å². The van der Waals surface area contributed by atoms with Crippen molar-refractivity contribution >= 4 is 23.5 Å². The summed E-state index contributed by atoms with van der Waals surface area (Å²) >= 11 is 0. The van der Waals surface area contributed by atoms with Crippen LogP contribution in [-0.2, 0) is 11.2 Å². The first-order valence-corrected chi connectivity index (χ1v) is 15.0. The number of amides is 4. The Morgan fingerprint density at radius 1 is 1.07 bits per heavy atom. The maximum Gasteiger partial charge on any atom is 0.317 e. The fourth-order valence-electron chi connectivity index (χ4n) is 5.67. The molecule has 0 aromatic heterocycles. The van der Waals surface area contributed by atoms with Crippen LogP contribution >= 0.6 is 0 Å². The molecule has 1 aliphatic carbocycles. The Morgan fingerprint density at radius 2 is 1.83 bits per heavy atom. The molecule has 0 spiro atoms. The zero-order chi connectivity index (χ0) is 29.2. The molecule has 3 N–H and O–H groups in total. The van der Waals surface area contributed by atoms with Gasteiger partial charge in [0, 0.05) is 42.9 Å². The van der Waals surface area contributed by atoms with Crippen LogP contribution in [0.3, 0.4) is 0 Å². The zero-order valence-electron chi connectivity index (χ0n) is 24.3. The van der Waals surface area contributed by atoms with Crippen molar-refractivity contribution in [3.8, 4) is 5.75 Å². The number of aliphatic hydroxyl groups is 1. The maximum absolute atomic E-state index is 13.6. The van der Waals surface area contributed by atoms with E-state index in [0.29, 0.717) is 49.5 Å². The van der Waals surface area contributed by atoms with E-state index in [0.717, 1.165) is 37.7 Å². The Balaban J connectivity index is 1.52. The van der Waals surface area contributed by atoms with Gasteiger partial charge in [0.1, 0.15) is 5.75 Å². The average Bonchev–Trinajstić information content (AvgIpc) is 3.42. The summed E-state index contributed by atoms with van der Waals surface area (Å²) in [6.45, 7) is 5.29. The van der Waals surface area contributed by atoms with Gasteiger partial charge in [0.05, 0.1) is 25.3 Å². The highest BCUT2D eigenvalue weighted by Gasteiger charge is 2.28. The molecule has 0 unspecified atom stereocenters. The third-order valence-electron chi connectivity index (χ3n) is 7.94. The van der Waals surface area contributed by atoms with Crippen molar-refractivity contribution < 1.29 is 24.2 Å². The quantitative estimate of drug-likeness (QED) is 0.356. The standard InChI is InChI=1S/C32H44N4O5/c1-3-35(32(40)33-25-14-9-6-10-15-25)22-29(37)28(18-23-12-7-5-8-13-23)34-31(39)24-19-26(21-27(20-24)41-4-2)36-17-11-16-30(36)38/h5,7-8,12-13,19-21,25,28-29,37H,3-4,6,9-11,14-18,22H2,1-2H3,(H,33,40)(H,34,39)/t28-,29-/m0/s1. The molecule has 41 heavy (non-hydrogen) atoms. The van der Waals surface area contributed by atoms with Gasteiger partial charge in [0.15, 0.2) is 0 Å². The van der Waals surface area contributed by atoms with E-state index in [2.05, 4.69) is 10.6 Å². The molecule has 9 heteroatoms. The molecule has 1 aliphatic heterocycles. The number of likely N-dealkylation sites (N-methyl/N-ethyl adjacent to an activating group) is 1. The third-order valence-corrected chi connectivity index (χ3v) is 7.94. The van der Waals surface area contributed by atoms with E-state index in [9.17, 15) is 19.5 Å². The summed E-state index contributed by atoms with van der Waals surface area (Å²) < 4.78 is 5.72. The molecule has 4 rings (SSSR count). The van der Waals surface area contributed by atoms with Gasteiger partial charge >= 0.3 is 6.03 Å². The first-order chi connectivity index (χ1) is 19.9. The van der Waals surface area contributed by atoms with Crippen LogP contribution in [0.4, 0.5) is 10.5 Å². The Hall–Kier alpha value is -3.59. The number of benzene rings is 2. The number of nitrogens with zero attached hydrogens (tertiary/aromatic N) is 2. The van der Waals surface area contributed by atoms with E-state index in [1.165, 1.54) is 6.42 Å². The van der Waals surface area contributed by atoms with Crippen LogP contribution in [0.2, 0.25) is 0 Å². The number of hydrogen-bond donors (Lipinski definition) is 3. The third kappa shape index (κ3) is 8.45. The van der Waals surface area contributed by atoms with Crippen LogP contribution < -0.4 is 20.3 Å². The Labute approximate surface area is 243 Å². The van der Waals surface area contributed by atoms with E-state index in [-0.39, 0.29) is 30.4 Å². The van der Waals surface area contributed by atoms with Crippen molar-refractivity contribution in [2.24, 2.45) is 0 Å². The number of hydrogen-bond acceptors (Lipinski definition) is 5. The molecule has 2 atom stereocenters. The van der Waals surface area contributed by atoms with Gasteiger partial charge in [0.2, 0.25) is 5.91 Å². The van der Waals surface area contributed by atoms with Crippen LogP contribution in [0.15, 0.2) is 48.5 Å². The first kappa shape index (κ1) is 30.4. The van der Waals surface area contributed by atoms with Gasteiger partial charge in [-0.1, -0.05) is 49.6 Å². The molecule has 9 nitrogen and oxygen atoms in total. The van der Waals surface area contributed by atoms with E-state index in [1.807, 2.05) is 44.2 Å². The molecule has 2 aromatic rings. The molecular weight excluding hydrogens is 520 g/mol. The van der Waals surface area contributed by atoms with E-state index in [4.69, 9.17) is 4.74 Å². The molecule has 4 amide bonds. The second kappa shape index (κ2) is 14.9. The monoisotopic (exact) mass is 564 g/mol. The number of carbonyl (C=O) groups is 3. The predicted octanol–water partition coefficient (Wildman–Crippen LogP) is 4.28. The Morgan fingerprint density at radius 3 is 2.49 bits per heavy atom. The van der Waals surface area contributed by atoms with Crippen molar-refractivity contribution in [3.05, 3.63) is 59.7 Å². The second-order valence-electron chi connectivity index (χ2n) is 11.0. The molecule has 2 aromatic carbocycles. The minimum Gasteiger partial charge on any atom is -0.494 e. The highest BCUT2D eigenvalue weighted by atomic mass is 16.5. The van der Waals surface area contributed by atoms with Gasteiger partial charge < -0.3 is 30.3 Å². The minimum atomic E-state index is -1.01. The Kier molecular flexibility index (Phi) is 11.0. The van der Waals surface area contributed by atoms with Gasteiger partial charge in [-0.25, -0.2) is 4.79 Å². The topological polar surface area (TPSA) is 111 Å². The first-order valence-electron chi connectivity index (χ1n) is 15.0. The summed E-state index contributed by atoms with van der Waals surface area (Å²) in [6, 6.07) is 14.1. The average molecular weight is 565 g/mol. The lowest BCUT2D eigenvalue weighted by Crippen LogP contribution is -2.53. The molecule has 2 aliphatic rings. The van der Waals surface area contributed by atoms with Crippen molar-refractivity contribution in [1.29, 1.82) is 0 Å². The van der Waals surface area contributed by atoms with Crippen LogP contribution in [0, 0.1) is 0 Å². The van der Waals surface area contributed by atoms with Crippen LogP contribution in [0.1, 0.15) is 74.7 Å². The molecule has 2 fully saturated rings. The zero-order valence-corrected chi connectivity index (χ0v) is 24.3. The molecule has 0 radical (unpaired) electrons. The van der Waals surface area contributed by atoms with E-state index < -0.39 is 12.1 Å². The van der Waals surface area contributed by atoms with Gasteiger partial charge in [-0.15, -0.1) is 0 Å². The van der Waals surface area contributed by atoms with Crippen molar-refractivity contribution in [2.45, 2.75) is 83.4 Å². The molecule has 1 saturated heterocycles. The fourth-order valence-corrected chi connectivity index (χ4v) is 5.67. The number of aliphatic hydroxyl groups excluding tert-OH is 1. The summed E-state index contributed by atoms with van der Waals surface area (Å²) in [5.74, 6) is 0.147. The maximum atomic E-state index is 13.6. The summed E-state index contributed by atoms with van der Waals surface area (Å²) in [4.78, 5) is 42.4. The van der Waals surface area contributed by atoms with Crippen molar-refractivity contribution in [1.82, 2.24) is 15.5 Å². The van der Waals surface area contributed by atoms with Crippen molar-refractivity contribution in [3.63, 3.8) is 0 Å². The van der Waals surface area contributed by atoms with Gasteiger partial charge in [-0.2, -0.15) is 0 Å². The number of nitrogens with one attached hydrogen (secondary N) is 2. The minimum absolute atomic E-state index is 0.0218. The summed E-state index contributed by atoms with van der Waals surface area (Å²) in [5.41, 5.74) is 1.93. The van der Waals surface area contributed by atoms with Gasteiger partial charge in [0.25, 0.3) is 5.91 Å². The van der Waals surface area contributed by atoms with E-state index in [1.54, 1.807) is 28.0 Å². The normalized spacial score (nSPS) is 17.1. The van der Waals surface area contributed by atoms with E-state index >= 15 is 0 Å². The fraction of sp³-hybridized carbons (Fsp3) is 0.531. The lowest BCUT2D eigenvalue weighted by atomic mass is 9.96. The number of rotatable bonds is 12. The predicted molar refractivity (Wildman–Crippen MR) is 159 cm³/mol. The number of ether oxygens (including phenoxy) is 1. The molecule has 222 valence electrons. The lowest BCUT2D eigenvalue weighted by molar-refractivity contribution is -0.117. The smallest absolute Gasteiger partial charge is 0.317 e. The van der Waals surface area contributed by atoms with Gasteiger partial charge in [-0.05, 0) is 57.2 Å².